The summed E-state index contributed by atoms with van der Waals surface area (Å²) in [4.78, 5) is 74.6. The molecule has 4 unspecified atom stereocenters. The van der Waals surface area contributed by atoms with E-state index in [2.05, 4.69) is 33.6 Å². The largest absolute Gasteiger partial charge is 0.481 e. The Hall–Kier alpha value is -3.60. The Kier molecular flexibility index (Phi) is 13.7. The van der Waals surface area contributed by atoms with Gasteiger partial charge in [0.2, 0.25) is 23.6 Å². The fraction of sp³-hybridized carbons (Fsp3) is 0.588. The van der Waals surface area contributed by atoms with Gasteiger partial charge in [0.15, 0.2) is 5.96 Å². The van der Waals surface area contributed by atoms with Crippen molar-refractivity contribution in [3.8, 4) is 0 Å². The van der Waals surface area contributed by atoms with E-state index in [0.29, 0.717) is 6.42 Å². The van der Waals surface area contributed by atoms with Gasteiger partial charge in [-0.2, -0.15) is 12.6 Å². The topological polar surface area (TPSA) is 295 Å². The van der Waals surface area contributed by atoms with Gasteiger partial charge in [-0.25, -0.2) is 4.79 Å². The van der Waals surface area contributed by atoms with Gasteiger partial charge in [0.25, 0.3) is 0 Å². The third-order valence-electron chi connectivity index (χ3n) is 4.15. The molecule has 0 heterocycles. The predicted molar refractivity (Wildman–Crippen MR) is 121 cm³/mol. The van der Waals surface area contributed by atoms with Crippen LogP contribution in [0.15, 0.2) is 4.99 Å². The second kappa shape index (κ2) is 15.3. The van der Waals surface area contributed by atoms with Crippen LogP contribution in [-0.2, 0) is 28.8 Å². The molecule has 17 heteroatoms. The molecule has 0 aromatic heterocycles. The maximum atomic E-state index is 12.6. The highest BCUT2D eigenvalue weighted by Gasteiger charge is 2.32. The number of nitrogens with one attached hydrogen (secondary N) is 3. The molecule has 4 amide bonds. The molecule has 0 aliphatic carbocycles. The highest BCUT2D eigenvalue weighted by molar-refractivity contribution is 7.80. The molecule has 0 spiro atoms. The van der Waals surface area contributed by atoms with Crippen LogP contribution in [0, 0.1) is 0 Å². The lowest BCUT2D eigenvalue weighted by molar-refractivity contribution is -0.143. The van der Waals surface area contributed by atoms with Crippen LogP contribution in [0.25, 0.3) is 0 Å². The van der Waals surface area contributed by atoms with E-state index in [1.165, 1.54) is 0 Å². The van der Waals surface area contributed by atoms with E-state index in [1.807, 2.05) is 0 Å². The first kappa shape index (κ1) is 30.4. The summed E-state index contributed by atoms with van der Waals surface area (Å²) in [7, 11) is 0. The van der Waals surface area contributed by atoms with Crippen molar-refractivity contribution < 1.29 is 39.0 Å². The minimum Gasteiger partial charge on any atom is -0.481 e. The molecule has 0 saturated heterocycles. The van der Waals surface area contributed by atoms with Gasteiger partial charge in [-0.15, -0.1) is 0 Å². The lowest BCUT2D eigenvalue weighted by Gasteiger charge is -2.23. The Morgan fingerprint density at radius 3 is 1.76 bits per heavy atom. The number of aliphatic carboxylic acids is 2. The molecule has 0 saturated carbocycles. The van der Waals surface area contributed by atoms with Gasteiger partial charge >= 0.3 is 11.9 Å². The van der Waals surface area contributed by atoms with Gasteiger partial charge in [0.1, 0.15) is 18.1 Å². The zero-order valence-electron chi connectivity index (χ0n) is 18.1. The summed E-state index contributed by atoms with van der Waals surface area (Å²) in [6.45, 7) is 0.190. The molecule has 0 aliphatic rings. The molecule has 16 nitrogen and oxygen atoms in total. The van der Waals surface area contributed by atoms with Crippen molar-refractivity contribution in [2.75, 3.05) is 12.3 Å². The van der Waals surface area contributed by atoms with Crippen LogP contribution in [0.4, 0.5) is 0 Å². The first-order chi connectivity index (χ1) is 15.8. The first-order valence-electron chi connectivity index (χ1n) is 9.84. The minimum absolute atomic E-state index is 0.108. The van der Waals surface area contributed by atoms with Gasteiger partial charge in [-0.3, -0.25) is 29.0 Å². The molecule has 0 bridgehead atoms. The number of carboxylic acid groups (broad SMARTS) is 2. The summed E-state index contributed by atoms with van der Waals surface area (Å²) in [5.41, 5.74) is 21.2. The normalized spacial score (nSPS) is 13.9. The van der Waals surface area contributed by atoms with Crippen molar-refractivity contribution in [1.82, 2.24) is 16.0 Å². The van der Waals surface area contributed by atoms with Gasteiger partial charge in [0.05, 0.1) is 18.9 Å². The Labute approximate surface area is 199 Å². The van der Waals surface area contributed by atoms with Crippen molar-refractivity contribution >= 4 is 54.2 Å². The maximum Gasteiger partial charge on any atom is 0.327 e. The number of aliphatic imine (C=N–C) groups is 1. The summed E-state index contributed by atoms with van der Waals surface area (Å²) >= 11 is 3.79. The zero-order valence-corrected chi connectivity index (χ0v) is 19.0. The maximum absolute atomic E-state index is 12.6. The summed E-state index contributed by atoms with van der Waals surface area (Å²) in [6.07, 6.45) is -1.18. The van der Waals surface area contributed by atoms with E-state index in [1.54, 1.807) is 0 Å². The SMILES string of the molecule is NC(=O)CC(NC(=O)C(CC(=O)O)NC(=O)C(N)CCCN=C(N)N)C(=O)NC(CS)C(=O)O. The smallest absolute Gasteiger partial charge is 0.327 e. The van der Waals surface area contributed by atoms with Gasteiger partial charge in [-0.1, -0.05) is 0 Å². The fourth-order valence-electron chi connectivity index (χ4n) is 2.45. The molecule has 4 atom stereocenters. The van der Waals surface area contributed by atoms with Crippen molar-refractivity contribution in [1.29, 1.82) is 0 Å². The van der Waals surface area contributed by atoms with Crippen LogP contribution in [-0.4, -0.2) is 88.2 Å². The van der Waals surface area contributed by atoms with Gasteiger partial charge in [-0.05, 0) is 12.8 Å². The Morgan fingerprint density at radius 1 is 0.824 bits per heavy atom. The number of hydrogen-bond donors (Lipinski definition) is 10. The molecule has 0 aromatic carbocycles. The van der Waals surface area contributed by atoms with Crippen LogP contribution >= 0.6 is 12.6 Å². The second-order valence-electron chi connectivity index (χ2n) is 7.03. The average Bonchev–Trinajstić information content (AvgIpc) is 2.72. The number of nitrogens with zero attached hydrogens (tertiary/aromatic N) is 1. The molecule has 0 radical (unpaired) electrons. The Morgan fingerprint density at radius 2 is 1.32 bits per heavy atom. The van der Waals surface area contributed by atoms with Gasteiger partial charge in [0, 0.05) is 12.3 Å². The predicted octanol–water partition coefficient (Wildman–Crippen LogP) is -4.81. The summed E-state index contributed by atoms with van der Waals surface area (Å²) in [5.74, 6) is -7.40. The average molecular weight is 507 g/mol. The molecule has 13 N–H and O–H groups in total. The van der Waals surface area contributed by atoms with E-state index in [0.717, 1.165) is 0 Å². The monoisotopic (exact) mass is 506 g/mol. The van der Waals surface area contributed by atoms with Crippen LogP contribution < -0.4 is 38.9 Å². The number of carbonyl (C=O) groups is 6. The quantitative estimate of drug-likeness (QED) is 0.0410. The van der Waals surface area contributed by atoms with E-state index in [-0.39, 0.29) is 24.7 Å². The van der Waals surface area contributed by atoms with Crippen LogP contribution in [0.5, 0.6) is 0 Å². The van der Waals surface area contributed by atoms with E-state index in [9.17, 15) is 28.8 Å². The standard InChI is InChI=1S/C17H30N8O8S/c18-7(2-1-3-22-17(20)21)13(29)23-9(5-12(27)28)15(31)24-8(4-11(19)26)14(30)25-10(6-34)16(32)33/h7-10,34H,1-6,18H2,(H2,19,26)(H,23,29)(H,24,31)(H,25,30)(H,27,28)(H,32,33)(H4,20,21,22). The van der Waals surface area contributed by atoms with Crippen LogP contribution in [0.3, 0.4) is 0 Å². The third kappa shape index (κ3) is 12.4. The molecule has 0 fully saturated rings. The number of nitrogens with two attached hydrogens (primary N) is 4. The number of rotatable bonds is 16. The Balaban J connectivity index is 5.35. The van der Waals surface area contributed by atoms with E-state index < -0.39 is 72.6 Å². The number of primary amides is 1. The van der Waals surface area contributed by atoms with Gasteiger partial charge < -0.3 is 49.1 Å². The first-order valence-corrected chi connectivity index (χ1v) is 10.5. The number of guanidine groups is 1. The molecular formula is C17H30N8O8S. The molecule has 0 aliphatic heterocycles. The lowest BCUT2D eigenvalue weighted by atomic mass is 10.1. The third-order valence-corrected chi connectivity index (χ3v) is 4.52. The number of thiol groups is 1. The van der Waals surface area contributed by atoms with Crippen molar-refractivity contribution in [2.24, 2.45) is 27.9 Å². The van der Waals surface area contributed by atoms with E-state index >= 15 is 0 Å². The number of amides is 4. The Bertz CT molecular complexity index is 804. The molecule has 0 rings (SSSR count). The molecule has 34 heavy (non-hydrogen) atoms. The number of hydrogen-bond acceptors (Lipinski definition) is 9. The zero-order chi connectivity index (χ0) is 26.4. The summed E-state index contributed by atoms with van der Waals surface area (Å²) in [5, 5.41) is 24.4. The van der Waals surface area contributed by atoms with Crippen molar-refractivity contribution in [3.63, 3.8) is 0 Å². The molecule has 192 valence electrons. The molecule has 0 aromatic rings. The van der Waals surface area contributed by atoms with Crippen LogP contribution in [0.1, 0.15) is 25.7 Å². The number of carboxylic acids is 2. The van der Waals surface area contributed by atoms with E-state index in [4.69, 9.17) is 33.1 Å². The summed E-state index contributed by atoms with van der Waals surface area (Å²) < 4.78 is 0. The molecular weight excluding hydrogens is 476 g/mol. The van der Waals surface area contributed by atoms with Crippen molar-refractivity contribution in [3.05, 3.63) is 0 Å². The minimum atomic E-state index is -1.67. The van der Waals surface area contributed by atoms with Crippen molar-refractivity contribution in [2.45, 2.75) is 49.9 Å². The fourth-order valence-corrected chi connectivity index (χ4v) is 2.70. The highest BCUT2D eigenvalue weighted by atomic mass is 32.1. The van der Waals surface area contributed by atoms with Crippen LogP contribution in [0.2, 0.25) is 0 Å². The number of carbonyl (C=O) groups excluding carboxylic acids is 4. The highest BCUT2D eigenvalue weighted by Crippen LogP contribution is 2.02. The summed E-state index contributed by atoms with van der Waals surface area (Å²) in [6, 6.07) is -5.88. The second-order valence-corrected chi connectivity index (χ2v) is 7.39. The lowest BCUT2D eigenvalue weighted by Crippen LogP contribution is -2.58.